The van der Waals surface area contributed by atoms with Crippen LogP contribution in [0.25, 0.3) is 11.1 Å². The second kappa shape index (κ2) is 5.53. The van der Waals surface area contributed by atoms with Crippen molar-refractivity contribution >= 4 is 15.9 Å². The Morgan fingerprint density at radius 2 is 0.773 bits per heavy atom. The molecule has 0 atom stereocenters. The molecule has 0 aliphatic rings. The average Bonchev–Trinajstić information content (AvgIpc) is 2.50. The van der Waals surface area contributed by atoms with E-state index < -0.39 is 67.7 Å². The molecule has 2 aromatic carbocycles. The third kappa shape index (κ3) is 2.18. The molecule has 22 heavy (non-hydrogen) atoms. The van der Waals surface area contributed by atoms with E-state index in [1.807, 2.05) is 0 Å². The molecule has 0 radical (unpaired) electrons. The molecule has 0 amide bonds. The quantitative estimate of drug-likeness (QED) is 0.341. The van der Waals surface area contributed by atoms with E-state index in [4.69, 9.17) is 0 Å². The number of hydrogen-bond acceptors (Lipinski definition) is 0. The monoisotopic (exact) mass is 390 g/mol. The SMILES string of the molecule is Cc1c(F)c(F)c(-c2c(F)c(F)c(Br)c(F)c2F)c(F)c1F. The molecule has 0 fully saturated rings. The summed E-state index contributed by atoms with van der Waals surface area (Å²) in [6.45, 7) is 0.677. The summed E-state index contributed by atoms with van der Waals surface area (Å²) in [5, 5.41) is 0. The largest absolute Gasteiger partial charge is 0.203 e. The Bertz CT molecular complexity index is 674. The Hall–Kier alpha value is -1.64. The van der Waals surface area contributed by atoms with E-state index in [0.717, 1.165) is 0 Å². The van der Waals surface area contributed by atoms with E-state index >= 15 is 0 Å². The van der Waals surface area contributed by atoms with Crippen molar-refractivity contribution in [3.8, 4) is 11.1 Å². The van der Waals surface area contributed by atoms with Crippen molar-refractivity contribution in [3.05, 3.63) is 56.6 Å². The molecule has 2 rings (SSSR count). The van der Waals surface area contributed by atoms with E-state index in [0.29, 0.717) is 6.92 Å². The molecule has 0 aromatic heterocycles. The average molecular weight is 391 g/mol. The highest BCUT2D eigenvalue weighted by molar-refractivity contribution is 9.10. The maximum atomic E-state index is 13.7. The lowest BCUT2D eigenvalue weighted by atomic mass is 10.00. The highest BCUT2D eigenvalue weighted by atomic mass is 79.9. The molecule has 0 saturated carbocycles. The topological polar surface area (TPSA) is 0 Å². The smallest absolute Gasteiger partial charge is 0.176 e. The first-order valence-corrected chi connectivity index (χ1v) is 6.24. The van der Waals surface area contributed by atoms with Crippen LogP contribution < -0.4 is 0 Å². The first-order chi connectivity index (χ1) is 10.1. The van der Waals surface area contributed by atoms with E-state index in [-0.39, 0.29) is 0 Å². The lowest BCUT2D eigenvalue weighted by Gasteiger charge is -2.13. The predicted molar refractivity (Wildman–Crippen MR) is 64.0 cm³/mol. The predicted octanol–water partition coefficient (Wildman–Crippen LogP) is 5.54. The lowest BCUT2D eigenvalue weighted by Crippen LogP contribution is -2.08. The number of rotatable bonds is 1. The van der Waals surface area contributed by atoms with Gasteiger partial charge in [0.15, 0.2) is 46.5 Å². The van der Waals surface area contributed by atoms with E-state index in [2.05, 4.69) is 15.9 Å². The highest BCUT2D eigenvalue weighted by Crippen LogP contribution is 2.38. The molecule has 0 bridgehead atoms. The van der Waals surface area contributed by atoms with E-state index in [1.54, 1.807) is 0 Å². The zero-order valence-electron chi connectivity index (χ0n) is 10.4. The number of hydrogen-bond donors (Lipinski definition) is 0. The van der Waals surface area contributed by atoms with Crippen LogP contribution in [0.5, 0.6) is 0 Å². The van der Waals surface area contributed by atoms with Gasteiger partial charge in [-0.2, -0.15) is 0 Å². The molecule has 0 N–H and O–H groups in total. The number of halogens is 9. The van der Waals surface area contributed by atoms with Crippen LogP contribution in [0.4, 0.5) is 35.1 Å². The van der Waals surface area contributed by atoms with Gasteiger partial charge in [-0.15, -0.1) is 0 Å². The van der Waals surface area contributed by atoms with Gasteiger partial charge < -0.3 is 0 Å². The minimum Gasteiger partial charge on any atom is -0.203 e. The van der Waals surface area contributed by atoms with Crippen LogP contribution in [0.1, 0.15) is 5.56 Å². The van der Waals surface area contributed by atoms with Crippen molar-refractivity contribution in [1.29, 1.82) is 0 Å². The fourth-order valence-electron chi connectivity index (χ4n) is 1.79. The third-order valence-corrected chi connectivity index (χ3v) is 3.64. The van der Waals surface area contributed by atoms with Gasteiger partial charge in [0.1, 0.15) is 0 Å². The van der Waals surface area contributed by atoms with Gasteiger partial charge in [-0.25, -0.2) is 35.1 Å². The molecule has 0 aliphatic heterocycles. The van der Waals surface area contributed by atoms with Crippen molar-refractivity contribution < 1.29 is 35.1 Å². The summed E-state index contributed by atoms with van der Waals surface area (Å²) >= 11 is 2.20. The molecule has 0 heterocycles. The van der Waals surface area contributed by atoms with Crippen LogP contribution in [-0.2, 0) is 0 Å². The molecule has 118 valence electrons. The van der Waals surface area contributed by atoms with E-state index in [9.17, 15) is 35.1 Å². The van der Waals surface area contributed by atoms with Gasteiger partial charge in [0.25, 0.3) is 0 Å². The van der Waals surface area contributed by atoms with Crippen LogP contribution in [-0.4, -0.2) is 0 Å². The summed E-state index contributed by atoms with van der Waals surface area (Å²) in [7, 11) is 0. The Morgan fingerprint density at radius 3 is 1.09 bits per heavy atom. The summed E-state index contributed by atoms with van der Waals surface area (Å²) in [5.41, 5.74) is -4.84. The summed E-state index contributed by atoms with van der Waals surface area (Å²) < 4.78 is 107. The van der Waals surface area contributed by atoms with Crippen molar-refractivity contribution in [2.75, 3.05) is 0 Å². The molecular formula is C13H3BrF8. The summed E-state index contributed by atoms with van der Waals surface area (Å²) in [6, 6.07) is 0. The Morgan fingerprint density at radius 1 is 0.500 bits per heavy atom. The first-order valence-electron chi connectivity index (χ1n) is 5.45. The van der Waals surface area contributed by atoms with Gasteiger partial charge in [-0.3, -0.25) is 0 Å². The second-order valence-electron chi connectivity index (χ2n) is 4.20. The van der Waals surface area contributed by atoms with Gasteiger partial charge in [0.05, 0.1) is 15.6 Å². The van der Waals surface area contributed by atoms with Gasteiger partial charge in [0, 0.05) is 5.56 Å². The summed E-state index contributed by atoms with van der Waals surface area (Å²) in [5.74, 6) is -16.6. The minimum absolute atomic E-state index is 0.677. The molecule has 0 aliphatic carbocycles. The minimum atomic E-state index is -2.20. The van der Waals surface area contributed by atoms with Crippen molar-refractivity contribution in [2.24, 2.45) is 0 Å². The van der Waals surface area contributed by atoms with Crippen molar-refractivity contribution in [2.45, 2.75) is 6.92 Å². The highest BCUT2D eigenvalue weighted by Gasteiger charge is 2.32. The summed E-state index contributed by atoms with van der Waals surface area (Å²) in [6.07, 6.45) is 0. The maximum Gasteiger partial charge on any atom is 0.176 e. The second-order valence-corrected chi connectivity index (χ2v) is 4.99. The van der Waals surface area contributed by atoms with Crippen LogP contribution in [0, 0.1) is 53.5 Å². The third-order valence-electron chi connectivity index (χ3n) is 2.94. The Balaban J connectivity index is 3.03. The van der Waals surface area contributed by atoms with E-state index in [1.165, 1.54) is 0 Å². The van der Waals surface area contributed by atoms with Crippen LogP contribution in [0.2, 0.25) is 0 Å². The zero-order chi connectivity index (χ0) is 16.9. The van der Waals surface area contributed by atoms with Crippen LogP contribution >= 0.6 is 15.9 Å². The van der Waals surface area contributed by atoms with Crippen LogP contribution in [0.3, 0.4) is 0 Å². The lowest BCUT2D eigenvalue weighted by molar-refractivity contribution is 0.434. The zero-order valence-corrected chi connectivity index (χ0v) is 12.0. The number of benzene rings is 2. The van der Waals surface area contributed by atoms with Crippen molar-refractivity contribution in [3.63, 3.8) is 0 Å². The molecule has 0 unspecified atom stereocenters. The first kappa shape index (κ1) is 16.7. The molecule has 0 nitrogen and oxygen atoms in total. The molecule has 9 heteroatoms. The standard InChI is InChI=1S/C13H3BrF8/c1-2-6(15)8(17)3(9(18)7(2)16)4-10(19)12(21)5(14)13(22)11(4)20/h1H3. The molecular weight excluding hydrogens is 388 g/mol. The summed E-state index contributed by atoms with van der Waals surface area (Å²) in [4.78, 5) is 0. The fraction of sp³-hybridized carbons (Fsp3) is 0.0769. The van der Waals surface area contributed by atoms with Gasteiger partial charge in [0.2, 0.25) is 0 Å². The molecule has 2 aromatic rings. The van der Waals surface area contributed by atoms with Gasteiger partial charge in [-0.05, 0) is 22.9 Å². The van der Waals surface area contributed by atoms with Crippen LogP contribution in [0.15, 0.2) is 4.47 Å². The normalized spacial score (nSPS) is 11.2. The molecule has 0 spiro atoms. The van der Waals surface area contributed by atoms with Crippen molar-refractivity contribution in [1.82, 2.24) is 0 Å². The Kier molecular flexibility index (Phi) is 4.20. The van der Waals surface area contributed by atoms with Gasteiger partial charge >= 0.3 is 0 Å². The van der Waals surface area contributed by atoms with Gasteiger partial charge in [-0.1, -0.05) is 0 Å². The molecule has 0 saturated heterocycles. The fourth-order valence-corrected chi connectivity index (χ4v) is 2.13. The maximum absolute atomic E-state index is 13.7. The Labute approximate surface area is 126 Å².